The first-order chi connectivity index (χ1) is 63.5. The molecule has 0 aromatic carbocycles. The monoisotopic (exact) mass is 2130 g/mol. The van der Waals surface area contributed by atoms with Crippen LogP contribution in [-0.2, 0) is 114 Å². The van der Waals surface area contributed by atoms with E-state index in [4.69, 9.17) is 75.8 Å². The number of rotatable bonds is 38. The summed E-state index contributed by atoms with van der Waals surface area (Å²) in [6, 6.07) is 0. The van der Waals surface area contributed by atoms with Crippen LogP contribution in [0.25, 0.3) is 0 Å². The Morgan fingerprint density at radius 2 is 0.769 bits per heavy atom. The van der Waals surface area contributed by atoms with E-state index in [9.17, 15) is 174 Å². The summed E-state index contributed by atoms with van der Waals surface area (Å²) in [5.74, 6) is -13.6. The number of alkyl halides is 24. The van der Waals surface area contributed by atoms with Gasteiger partial charge in [0.15, 0.2) is 58.8 Å². The molecule has 28 unspecified atom stereocenters. The maximum atomic E-state index is 13.9. The summed E-state index contributed by atoms with van der Waals surface area (Å²) in [7, 11) is 0. The van der Waals surface area contributed by atoms with Gasteiger partial charge in [0.25, 0.3) is 11.2 Å². The molecular weight excluding hydrogens is 2000 g/mol. The number of halogens is 24. The number of hydrogen-bond donors (Lipinski definition) is 6. The zero-order valence-electron chi connectivity index (χ0n) is 82.2. The predicted molar refractivity (Wildman–Crippen MR) is 437 cm³/mol. The Hall–Kier alpha value is -7.26. The standard InChI is InChI=1S/2C30H39F9O11.C29H44F6O8/c1-12(2)20(40)47-17-15-10-26(19(45-15)18(17)48-22(26)42)21(41)46-16(11-23(5,6)49-13(3)25(9,43)28(31,32)33)24(7,8)50-14(4)27(44,29(34,35)36)30(37,38)39;1-11(2)21(40)47-19-17-15(16-18(46-17)20(19)48-23(16)42)22(41)45-14(10-24(5,6)49-12(3)26(9,43)28(31,32)33)25(7,8)50-13(4)27(44,29(34,35)36)30(37,38)39;1-14(2)23(37)40-13-20(36)41-19-12-17-11-18(19)22(25(7,8)43-16(4)27(10,39)29(33,34)35)21(17)24(5,6)42-15(3)26(9,38)28(30,31)32/h13-19,43-44H,1,10-11H2,2-9H3;12-20,43-44H,1,10H2,2-9H3;15-19,21-22,38-39H,1,11-13H2,2-10H3. The smallest absolute Gasteiger partial charge is 0.428 e. The number of aliphatic hydroxyl groups is 6. The lowest BCUT2D eigenvalue weighted by atomic mass is 9.64. The van der Waals surface area contributed by atoms with Crippen molar-refractivity contribution in [3.63, 3.8) is 0 Å². The van der Waals surface area contributed by atoms with Crippen LogP contribution >= 0.6 is 0 Å². The van der Waals surface area contributed by atoms with E-state index in [0.29, 0.717) is 34.1 Å². The molecule has 6 aliphatic heterocycles. The molecule has 8 aliphatic rings. The Morgan fingerprint density at radius 1 is 0.413 bits per heavy atom. The summed E-state index contributed by atoms with van der Waals surface area (Å²) in [6.07, 6.45) is -75.9. The average Bonchev–Trinajstić information content (AvgIpc) is 1.54. The van der Waals surface area contributed by atoms with E-state index in [2.05, 4.69) is 19.7 Å². The van der Waals surface area contributed by atoms with Gasteiger partial charge in [0.1, 0.15) is 78.0 Å². The van der Waals surface area contributed by atoms with Gasteiger partial charge in [-0.05, 0) is 204 Å². The fraction of sp³-hybridized carbons (Fsp3) is 0.843. The van der Waals surface area contributed by atoms with Crippen molar-refractivity contribution in [3.8, 4) is 0 Å². The number of carbonyl (C=O) groups excluding carboxylic acids is 8. The number of ether oxygens (including phenoxy) is 16. The van der Waals surface area contributed by atoms with Crippen molar-refractivity contribution in [1.82, 2.24) is 0 Å². The zero-order chi connectivity index (χ0) is 112. The molecule has 826 valence electrons. The van der Waals surface area contributed by atoms with Gasteiger partial charge in [-0.3, -0.25) is 19.2 Å². The Morgan fingerprint density at radius 3 is 1.13 bits per heavy atom. The van der Waals surface area contributed by atoms with Crippen LogP contribution in [0.2, 0.25) is 0 Å². The van der Waals surface area contributed by atoms with Gasteiger partial charge in [0, 0.05) is 41.9 Å². The van der Waals surface area contributed by atoms with E-state index in [-0.39, 0.29) is 42.9 Å². The zero-order valence-corrected chi connectivity index (χ0v) is 82.2. The van der Waals surface area contributed by atoms with Gasteiger partial charge < -0.3 is 106 Å². The molecule has 0 spiro atoms. The summed E-state index contributed by atoms with van der Waals surface area (Å²) >= 11 is 0. The van der Waals surface area contributed by atoms with Crippen molar-refractivity contribution in [2.45, 2.75) is 426 Å². The highest BCUT2D eigenvalue weighted by atomic mass is 19.4. The van der Waals surface area contributed by atoms with Crippen LogP contribution in [-0.4, -0.2) is 305 Å². The average molecular weight is 2130 g/mol. The molecule has 143 heavy (non-hydrogen) atoms. The molecule has 8 rings (SSSR count). The molecule has 30 nitrogen and oxygen atoms in total. The van der Waals surface area contributed by atoms with Gasteiger partial charge in [-0.2, -0.15) is 105 Å². The van der Waals surface area contributed by atoms with Crippen molar-refractivity contribution >= 4 is 47.8 Å². The Kier molecular flexibility index (Phi) is 35.6. The summed E-state index contributed by atoms with van der Waals surface area (Å²) in [6.45, 7) is 34.0. The van der Waals surface area contributed by atoms with Crippen molar-refractivity contribution in [2.75, 3.05) is 6.61 Å². The van der Waals surface area contributed by atoms with E-state index in [1.807, 2.05) is 0 Å². The molecule has 0 aromatic rings. The summed E-state index contributed by atoms with van der Waals surface area (Å²) in [4.78, 5) is 102. The quantitative estimate of drug-likeness (QED) is 0.0110. The van der Waals surface area contributed by atoms with Crippen molar-refractivity contribution < 1.29 is 250 Å². The Bertz CT molecular complexity index is 4610. The molecular formula is C89H122F24O30. The number of fused-ring (bicyclic) bond motifs is 4. The summed E-state index contributed by atoms with van der Waals surface area (Å²) in [5, 5.41) is 60.5. The summed E-state index contributed by atoms with van der Waals surface area (Å²) < 4.78 is 414. The highest BCUT2D eigenvalue weighted by Crippen LogP contribution is 2.64. The van der Waals surface area contributed by atoms with Gasteiger partial charge >= 0.3 is 97.2 Å². The first kappa shape index (κ1) is 124. The van der Waals surface area contributed by atoms with Crippen LogP contribution in [0.1, 0.15) is 205 Å². The highest BCUT2D eigenvalue weighted by Gasteiger charge is 2.81. The van der Waals surface area contributed by atoms with Crippen LogP contribution in [0, 0.1) is 40.9 Å². The fourth-order valence-electron chi connectivity index (χ4n) is 18.9. The molecule has 54 heteroatoms. The fourth-order valence-corrected chi connectivity index (χ4v) is 18.9. The largest absolute Gasteiger partial charge is 0.460 e. The van der Waals surface area contributed by atoms with Crippen LogP contribution in [0.3, 0.4) is 0 Å². The molecule has 6 N–H and O–H groups in total. The van der Waals surface area contributed by atoms with Crippen molar-refractivity contribution in [3.05, 3.63) is 36.5 Å². The third-order valence-electron chi connectivity index (χ3n) is 27.8. The number of carbonyl (C=O) groups is 8. The van der Waals surface area contributed by atoms with Gasteiger partial charge in [-0.25, -0.2) is 19.2 Å². The van der Waals surface area contributed by atoms with Gasteiger partial charge in [0.2, 0.25) is 0 Å². The molecule has 0 aromatic heterocycles. The highest BCUT2D eigenvalue weighted by molar-refractivity contribution is 6.04. The maximum Gasteiger partial charge on any atom is 0.428 e. The predicted octanol–water partition coefficient (Wildman–Crippen LogP) is 13.9. The van der Waals surface area contributed by atoms with Crippen LogP contribution in [0.4, 0.5) is 105 Å². The van der Waals surface area contributed by atoms with Crippen LogP contribution in [0.5, 0.6) is 0 Å². The third-order valence-corrected chi connectivity index (χ3v) is 27.8. The minimum absolute atomic E-state index is 0.0130. The Labute approximate surface area is 805 Å². The minimum atomic E-state index is -6.33. The Balaban J connectivity index is 0.000000329. The maximum absolute atomic E-state index is 13.9. The molecule has 0 amide bonds. The first-order valence-corrected chi connectivity index (χ1v) is 44.3. The second-order valence-corrected chi connectivity index (χ2v) is 41.6. The second-order valence-electron chi connectivity index (χ2n) is 41.6. The molecule has 6 heterocycles. The molecule has 28 atom stereocenters. The molecule has 6 bridgehead atoms. The van der Waals surface area contributed by atoms with E-state index in [0.717, 1.165) is 83.1 Å². The van der Waals surface area contributed by atoms with Crippen molar-refractivity contribution in [1.29, 1.82) is 0 Å². The molecule has 2 saturated carbocycles. The number of hydrogen-bond acceptors (Lipinski definition) is 30. The van der Waals surface area contributed by atoms with E-state index in [1.165, 1.54) is 48.5 Å². The lowest BCUT2D eigenvalue weighted by Gasteiger charge is -2.52. The van der Waals surface area contributed by atoms with Gasteiger partial charge in [-0.1, -0.05) is 19.7 Å². The van der Waals surface area contributed by atoms with Gasteiger partial charge in [-0.15, -0.1) is 0 Å². The molecule has 6 saturated heterocycles. The second kappa shape index (κ2) is 40.9. The number of esters is 8. The van der Waals surface area contributed by atoms with Crippen LogP contribution in [0.15, 0.2) is 36.5 Å². The van der Waals surface area contributed by atoms with Crippen molar-refractivity contribution in [2.24, 2.45) is 40.9 Å². The summed E-state index contributed by atoms with van der Waals surface area (Å²) in [5.41, 5.74) is -38.1. The lowest BCUT2D eigenvalue weighted by molar-refractivity contribution is -0.401. The van der Waals surface area contributed by atoms with Crippen LogP contribution < -0.4 is 0 Å². The molecule has 0 radical (unpaired) electrons. The SMILES string of the molecule is C=C(C)C(=O)OC1C2CC3(C(=O)OC(CC(C)(C)OC(C)C(C)(O)C(F)(F)F)C(C)(C)OC(C)C(O)(C(F)(F)F)C(F)(F)F)C(=O)OC1C3O2.C=C(C)C(=O)OC1C2OC(=O)C3C2OC1C3C(=O)OC(CC(C)(C)OC(C)C(C)(O)C(F)(F)F)C(C)(C)OC(C)C(O)(C(F)(F)F)C(F)(F)F.C=C(C)C(=O)OCC(=O)OC1CC2CC1C(C(C)(C)OC(C)C(C)(O)C(F)(F)F)C2C(C)(C)OC(C)C(C)(O)C(F)(F)F. The molecule has 8 fully saturated rings. The third kappa shape index (κ3) is 24.9. The first-order valence-electron chi connectivity index (χ1n) is 44.3. The van der Waals surface area contributed by atoms with Gasteiger partial charge in [0.05, 0.1) is 46.8 Å². The topological polar surface area (TPSA) is 406 Å². The van der Waals surface area contributed by atoms with E-state index in [1.54, 1.807) is 0 Å². The minimum Gasteiger partial charge on any atom is -0.460 e. The normalized spacial score (nSPS) is 28.8. The van der Waals surface area contributed by atoms with E-state index < -0.39 is 329 Å². The molecule has 2 aliphatic carbocycles. The van der Waals surface area contributed by atoms with E-state index >= 15 is 0 Å². The lowest BCUT2D eigenvalue weighted by Crippen LogP contribution is -2.66.